The third-order valence-corrected chi connectivity index (χ3v) is 4.50. The Morgan fingerprint density at radius 3 is 2.90 bits per heavy atom. The van der Waals surface area contributed by atoms with Gasteiger partial charge < -0.3 is 9.84 Å². The van der Waals surface area contributed by atoms with Crippen molar-refractivity contribution in [1.29, 1.82) is 0 Å². The monoisotopic (exact) mass is 273 g/mol. The molecule has 2 aliphatic heterocycles. The molecule has 0 amide bonds. The minimum atomic E-state index is 0.214. The number of phenols is 1. The summed E-state index contributed by atoms with van der Waals surface area (Å²) in [6.07, 6.45) is 8.66. The molecular formula is C17H23NO2. The van der Waals surface area contributed by atoms with Gasteiger partial charge in [0.05, 0.1) is 7.11 Å². The first kappa shape index (κ1) is 13.5. The van der Waals surface area contributed by atoms with E-state index in [1.807, 2.05) is 12.1 Å². The molecule has 3 nitrogen and oxygen atoms in total. The molecule has 2 aliphatic rings. The number of fused-ring (bicyclic) bond motifs is 1. The summed E-state index contributed by atoms with van der Waals surface area (Å²) in [6.45, 7) is 2.43. The zero-order chi connectivity index (χ0) is 13.9. The number of allylic oxidation sites excluding steroid dienone is 1. The third kappa shape index (κ3) is 2.55. The van der Waals surface area contributed by atoms with E-state index in [1.54, 1.807) is 13.2 Å². The molecule has 1 atom stereocenters. The highest BCUT2D eigenvalue weighted by Crippen LogP contribution is 2.36. The van der Waals surface area contributed by atoms with Crippen molar-refractivity contribution >= 4 is 5.57 Å². The van der Waals surface area contributed by atoms with Crippen LogP contribution in [0.25, 0.3) is 5.57 Å². The topological polar surface area (TPSA) is 32.7 Å². The number of piperidine rings is 1. The van der Waals surface area contributed by atoms with Crippen LogP contribution in [0.1, 0.15) is 37.7 Å². The van der Waals surface area contributed by atoms with Crippen LogP contribution in [-0.2, 0) is 0 Å². The fourth-order valence-corrected chi connectivity index (χ4v) is 3.47. The molecule has 0 bridgehead atoms. The molecule has 1 N–H and O–H groups in total. The van der Waals surface area contributed by atoms with Crippen LogP contribution in [0.2, 0.25) is 0 Å². The van der Waals surface area contributed by atoms with Gasteiger partial charge in [-0.3, -0.25) is 4.90 Å². The van der Waals surface area contributed by atoms with Crippen molar-refractivity contribution in [2.75, 3.05) is 20.2 Å². The van der Waals surface area contributed by atoms with E-state index in [-0.39, 0.29) is 5.75 Å². The van der Waals surface area contributed by atoms with Gasteiger partial charge in [0.2, 0.25) is 0 Å². The summed E-state index contributed by atoms with van der Waals surface area (Å²) in [5.74, 6) is 0.779. The fourth-order valence-electron chi connectivity index (χ4n) is 3.47. The molecule has 108 valence electrons. The lowest BCUT2D eigenvalue weighted by Crippen LogP contribution is -2.39. The van der Waals surface area contributed by atoms with Gasteiger partial charge in [-0.1, -0.05) is 18.6 Å². The van der Waals surface area contributed by atoms with E-state index >= 15 is 0 Å². The minimum Gasteiger partial charge on any atom is -0.504 e. The van der Waals surface area contributed by atoms with Gasteiger partial charge in [-0.05, 0) is 62.0 Å². The molecule has 20 heavy (non-hydrogen) atoms. The Morgan fingerprint density at radius 2 is 2.05 bits per heavy atom. The second-order valence-corrected chi connectivity index (χ2v) is 5.74. The van der Waals surface area contributed by atoms with E-state index in [0.717, 1.165) is 6.42 Å². The number of methoxy groups -OCH3 is 1. The summed E-state index contributed by atoms with van der Waals surface area (Å²) < 4.78 is 5.25. The Morgan fingerprint density at radius 1 is 1.20 bits per heavy atom. The zero-order valence-electron chi connectivity index (χ0n) is 12.1. The number of phenolic OH excluding ortho intramolecular Hbond substituents is 1. The van der Waals surface area contributed by atoms with Gasteiger partial charge >= 0.3 is 0 Å². The van der Waals surface area contributed by atoms with Crippen LogP contribution in [0.3, 0.4) is 0 Å². The van der Waals surface area contributed by atoms with Gasteiger partial charge in [-0.25, -0.2) is 0 Å². The van der Waals surface area contributed by atoms with E-state index in [1.165, 1.54) is 49.9 Å². The van der Waals surface area contributed by atoms with Crippen LogP contribution >= 0.6 is 0 Å². The number of ether oxygens (including phenoxy) is 1. The minimum absolute atomic E-state index is 0.214. The van der Waals surface area contributed by atoms with Gasteiger partial charge in [-0.2, -0.15) is 0 Å². The van der Waals surface area contributed by atoms with Crippen LogP contribution in [-0.4, -0.2) is 36.2 Å². The zero-order valence-corrected chi connectivity index (χ0v) is 12.1. The molecule has 2 heterocycles. The number of aromatic hydroxyl groups is 1. The second kappa shape index (κ2) is 5.88. The predicted octanol–water partition coefficient (Wildman–Crippen LogP) is 3.43. The van der Waals surface area contributed by atoms with E-state index in [2.05, 4.69) is 11.0 Å². The van der Waals surface area contributed by atoms with Crippen molar-refractivity contribution in [2.45, 2.75) is 38.1 Å². The van der Waals surface area contributed by atoms with Crippen molar-refractivity contribution < 1.29 is 9.84 Å². The Kier molecular flexibility index (Phi) is 3.97. The summed E-state index contributed by atoms with van der Waals surface area (Å²) in [6, 6.07) is 6.27. The first-order chi connectivity index (χ1) is 9.79. The van der Waals surface area contributed by atoms with Crippen LogP contribution in [0.4, 0.5) is 0 Å². The summed E-state index contributed by atoms with van der Waals surface area (Å²) in [5.41, 5.74) is 2.61. The number of nitrogens with zero attached hydrogens (tertiary/aromatic N) is 1. The molecule has 1 saturated heterocycles. The first-order valence-electron chi connectivity index (χ1n) is 7.61. The van der Waals surface area contributed by atoms with Crippen LogP contribution in [0.15, 0.2) is 24.3 Å². The average molecular weight is 273 g/mol. The van der Waals surface area contributed by atoms with Gasteiger partial charge in [-0.15, -0.1) is 0 Å². The lowest BCUT2D eigenvalue weighted by Gasteiger charge is -2.36. The molecule has 0 aromatic heterocycles. The summed E-state index contributed by atoms with van der Waals surface area (Å²) in [5, 5.41) is 9.77. The van der Waals surface area contributed by atoms with Gasteiger partial charge in [0.15, 0.2) is 11.5 Å². The molecular weight excluding hydrogens is 250 g/mol. The summed E-state index contributed by atoms with van der Waals surface area (Å²) in [4.78, 5) is 2.63. The predicted molar refractivity (Wildman–Crippen MR) is 81.1 cm³/mol. The lowest BCUT2D eigenvalue weighted by atomic mass is 9.90. The van der Waals surface area contributed by atoms with E-state index < -0.39 is 0 Å². The van der Waals surface area contributed by atoms with E-state index in [9.17, 15) is 5.11 Å². The van der Waals surface area contributed by atoms with Crippen molar-refractivity contribution in [1.82, 2.24) is 4.90 Å². The summed E-state index contributed by atoms with van der Waals surface area (Å²) in [7, 11) is 1.60. The Balaban J connectivity index is 1.95. The van der Waals surface area contributed by atoms with Crippen LogP contribution < -0.4 is 4.74 Å². The Bertz CT molecular complexity index is 510. The Hall–Kier alpha value is -1.48. The van der Waals surface area contributed by atoms with Crippen LogP contribution in [0, 0.1) is 0 Å². The van der Waals surface area contributed by atoms with Crippen molar-refractivity contribution in [2.24, 2.45) is 0 Å². The van der Waals surface area contributed by atoms with E-state index in [0.29, 0.717) is 11.8 Å². The molecule has 1 aromatic rings. The molecule has 0 radical (unpaired) electrons. The maximum atomic E-state index is 9.77. The van der Waals surface area contributed by atoms with Gasteiger partial charge in [0.25, 0.3) is 0 Å². The fraction of sp³-hybridized carbons (Fsp3) is 0.529. The molecule has 1 fully saturated rings. The van der Waals surface area contributed by atoms with Gasteiger partial charge in [0.1, 0.15) is 0 Å². The molecule has 0 saturated carbocycles. The number of rotatable bonds is 2. The van der Waals surface area contributed by atoms with E-state index in [4.69, 9.17) is 4.74 Å². The lowest BCUT2D eigenvalue weighted by molar-refractivity contribution is 0.188. The standard InChI is InChI=1S/C17H23NO2/c1-20-17-12-13(8-9-16(17)19)14-6-2-4-10-18-11-5-3-7-15(14)18/h6,8-9,12,15,19H,2-5,7,10-11H2,1H3. The molecule has 1 unspecified atom stereocenters. The molecule has 3 rings (SSSR count). The number of hydrogen-bond donors (Lipinski definition) is 1. The Labute approximate surface area is 120 Å². The molecule has 1 aromatic carbocycles. The first-order valence-corrected chi connectivity index (χ1v) is 7.61. The number of benzene rings is 1. The highest BCUT2D eigenvalue weighted by Gasteiger charge is 2.27. The molecule has 0 aliphatic carbocycles. The highest BCUT2D eigenvalue weighted by atomic mass is 16.5. The largest absolute Gasteiger partial charge is 0.504 e. The normalized spacial score (nSPS) is 23.6. The average Bonchev–Trinajstić information content (AvgIpc) is 2.70. The quantitative estimate of drug-likeness (QED) is 0.896. The van der Waals surface area contributed by atoms with Gasteiger partial charge in [0, 0.05) is 6.04 Å². The maximum Gasteiger partial charge on any atom is 0.161 e. The maximum absolute atomic E-state index is 9.77. The second-order valence-electron chi connectivity index (χ2n) is 5.74. The van der Waals surface area contributed by atoms with Crippen molar-refractivity contribution in [3.63, 3.8) is 0 Å². The van der Waals surface area contributed by atoms with Crippen LogP contribution in [0.5, 0.6) is 11.5 Å². The molecule has 3 heteroatoms. The number of hydrogen-bond acceptors (Lipinski definition) is 3. The third-order valence-electron chi connectivity index (χ3n) is 4.50. The smallest absolute Gasteiger partial charge is 0.161 e. The highest BCUT2D eigenvalue weighted by molar-refractivity contribution is 5.72. The molecule has 0 spiro atoms. The van der Waals surface area contributed by atoms with Crippen molar-refractivity contribution in [3.8, 4) is 11.5 Å². The SMILES string of the molecule is COc1cc(C2=CCCCN3CCCCC23)ccc1O. The van der Waals surface area contributed by atoms with Crippen molar-refractivity contribution in [3.05, 3.63) is 29.8 Å². The summed E-state index contributed by atoms with van der Waals surface area (Å²) >= 11 is 0.